The van der Waals surface area contributed by atoms with Gasteiger partial charge in [0.1, 0.15) is 10.8 Å². The summed E-state index contributed by atoms with van der Waals surface area (Å²) < 4.78 is 33.6. The second-order valence-corrected chi connectivity index (χ2v) is 15.0. The first-order chi connectivity index (χ1) is 19.2. The van der Waals surface area contributed by atoms with Crippen LogP contribution in [-0.2, 0) is 16.9 Å². The summed E-state index contributed by atoms with van der Waals surface area (Å²) in [5.74, 6) is 1.82. The summed E-state index contributed by atoms with van der Waals surface area (Å²) >= 11 is 6.44. The number of hydrogen-bond donors (Lipinski definition) is 2. The maximum atomic E-state index is 12.9. The van der Waals surface area contributed by atoms with Crippen LogP contribution in [0, 0.1) is 6.92 Å². The van der Waals surface area contributed by atoms with Crippen molar-refractivity contribution in [2.45, 2.75) is 88.1 Å². The molecule has 1 saturated carbocycles. The second-order valence-electron chi connectivity index (χ2n) is 12.2. The van der Waals surface area contributed by atoms with E-state index >= 15 is 0 Å². The first-order valence-corrected chi connectivity index (χ1v) is 16.0. The highest BCUT2D eigenvalue weighted by atomic mass is 35.5. The average Bonchev–Trinajstić information content (AvgIpc) is 3.63. The quantitative estimate of drug-likeness (QED) is 0.306. The number of aromatic nitrogens is 4. The van der Waals surface area contributed by atoms with E-state index in [1.165, 1.54) is 22.0 Å². The summed E-state index contributed by atoms with van der Waals surface area (Å²) in [6.45, 7) is 11.1. The Morgan fingerprint density at radius 3 is 2.51 bits per heavy atom. The number of piperidine rings is 1. The SMILES string of the molecule is Cc1cc(Nc2ncc(Cl)c(Nc3cn(C)nc3S(=O)(=O)C(C)C)n2)c(OC2CC2)cc1[C@@H]1CCN(C)C(C)(C)C1. The molecule has 1 saturated heterocycles. The van der Waals surface area contributed by atoms with Gasteiger partial charge in [-0.05, 0) is 103 Å². The molecule has 2 aromatic heterocycles. The lowest BCUT2D eigenvalue weighted by Gasteiger charge is -2.44. The van der Waals surface area contributed by atoms with Gasteiger partial charge in [0.25, 0.3) is 0 Å². The van der Waals surface area contributed by atoms with Gasteiger partial charge in [0.15, 0.2) is 5.82 Å². The van der Waals surface area contributed by atoms with E-state index in [0.717, 1.165) is 43.7 Å². The Kier molecular flexibility index (Phi) is 7.99. The molecule has 2 fully saturated rings. The van der Waals surface area contributed by atoms with E-state index in [-0.39, 0.29) is 27.5 Å². The van der Waals surface area contributed by atoms with Crippen molar-refractivity contribution in [1.29, 1.82) is 0 Å². The van der Waals surface area contributed by atoms with Crippen molar-refractivity contribution in [3.8, 4) is 5.75 Å². The molecule has 0 radical (unpaired) electrons. The molecular weight excluding hydrogens is 562 g/mol. The fourth-order valence-electron chi connectivity index (χ4n) is 5.23. The van der Waals surface area contributed by atoms with Crippen molar-refractivity contribution in [3.05, 3.63) is 40.7 Å². The minimum Gasteiger partial charge on any atom is -0.488 e. The van der Waals surface area contributed by atoms with Crippen LogP contribution in [0.1, 0.15) is 70.4 Å². The molecule has 2 N–H and O–H groups in total. The van der Waals surface area contributed by atoms with Crippen molar-refractivity contribution in [1.82, 2.24) is 24.6 Å². The van der Waals surface area contributed by atoms with E-state index in [4.69, 9.17) is 16.3 Å². The third kappa shape index (κ3) is 6.32. The number of aryl methyl sites for hydroxylation is 2. The molecule has 12 heteroatoms. The third-order valence-electron chi connectivity index (χ3n) is 8.15. The number of benzene rings is 1. The van der Waals surface area contributed by atoms with Crippen LogP contribution in [0.5, 0.6) is 5.75 Å². The van der Waals surface area contributed by atoms with Gasteiger partial charge >= 0.3 is 0 Å². The normalized spacial score (nSPS) is 19.4. The number of nitrogens with zero attached hydrogens (tertiary/aromatic N) is 5. The number of anilines is 4. The van der Waals surface area contributed by atoms with Gasteiger partial charge in [-0.25, -0.2) is 13.4 Å². The van der Waals surface area contributed by atoms with E-state index in [9.17, 15) is 8.42 Å². The van der Waals surface area contributed by atoms with E-state index in [2.05, 4.69) is 70.6 Å². The van der Waals surface area contributed by atoms with Gasteiger partial charge in [0.05, 0.1) is 28.9 Å². The lowest BCUT2D eigenvalue weighted by atomic mass is 9.78. The maximum Gasteiger partial charge on any atom is 0.229 e. The number of hydrogen-bond acceptors (Lipinski definition) is 9. The van der Waals surface area contributed by atoms with Crippen LogP contribution in [0.2, 0.25) is 5.02 Å². The molecule has 0 bridgehead atoms. The number of sulfone groups is 1. The third-order valence-corrected chi connectivity index (χ3v) is 10.5. The Labute approximate surface area is 247 Å². The predicted molar refractivity (Wildman–Crippen MR) is 163 cm³/mol. The molecule has 3 heterocycles. The van der Waals surface area contributed by atoms with Crippen molar-refractivity contribution >= 4 is 44.6 Å². The number of ether oxygens (including phenoxy) is 1. The molecule has 41 heavy (non-hydrogen) atoms. The Morgan fingerprint density at radius 1 is 1.12 bits per heavy atom. The molecule has 0 spiro atoms. The Balaban J connectivity index is 1.44. The summed E-state index contributed by atoms with van der Waals surface area (Å²) in [6.07, 6.45) is 7.57. The van der Waals surface area contributed by atoms with Gasteiger partial charge in [-0.3, -0.25) is 4.68 Å². The van der Waals surface area contributed by atoms with E-state index < -0.39 is 15.1 Å². The van der Waals surface area contributed by atoms with Crippen LogP contribution in [0.25, 0.3) is 0 Å². The van der Waals surface area contributed by atoms with Crippen LogP contribution in [0.3, 0.4) is 0 Å². The van der Waals surface area contributed by atoms with E-state index in [1.807, 2.05) is 0 Å². The molecule has 10 nitrogen and oxygen atoms in total. The van der Waals surface area contributed by atoms with Crippen LogP contribution in [0.4, 0.5) is 23.1 Å². The monoisotopic (exact) mass is 601 g/mol. The average molecular weight is 602 g/mol. The zero-order chi connectivity index (χ0) is 29.7. The van der Waals surface area contributed by atoms with Gasteiger partial charge < -0.3 is 20.3 Å². The smallest absolute Gasteiger partial charge is 0.229 e. The molecule has 0 unspecified atom stereocenters. The molecule has 1 atom stereocenters. The zero-order valence-corrected chi connectivity index (χ0v) is 26.4. The molecule has 3 aromatic rings. The Bertz CT molecular complexity index is 1550. The minimum atomic E-state index is -3.63. The van der Waals surface area contributed by atoms with Crippen LogP contribution < -0.4 is 15.4 Å². The molecular formula is C29H40ClN7O3S. The van der Waals surface area contributed by atoms with Crippen LogP contribution >= 0.6 is 11.6 Å². The molecule has 1 aliphatic carbocycles. The Morgan fingerprint density at radius 2 is 1.85 bits per heavy atom. The molecule has 1 aliphatic heterocycles. The van der Waals surface area contributed by atoms with Gasteiger partial charge in [-0.2, -0.15) is 10.1 Å². The highest BCUT2D eigenvalue weighted by Gasteiger charge is 2.34. The minimum absolute atomic E-state index is 0.0531. The molecule has 222 valence electrons. The maximum absolute atomic E-state index is 12.9. The topological polar surface area (TPSA) is 114 Å². The number of halogens is 1. The van der Waals surface area contributed by atoms with Gasteiger partial charge in [0, 0.05) is 18.8 Å². The fraction of sp³-hybridized carbons (Fsp3) is 0.552. The standard InChI is InChI=1S/C29H40ClN7O3S/c1-17(2)41(38,39)27-24(16-37(7)35-27)32-26-22(30)15-31-28(34-26)33-23-12-18(3)21(13-25(23)40-20-8-9-20)19-10-11-36(6)29(4,5)14-19/h12-13,15-17,19-20H,8-11,14H2,1-7H3,(H2,31,32,33,34)/t19-/m1/s1. The van der Waals surface area contributed by atoms with E-state index in [1.54, 1.807) is 27.1 Å². The predicted octanol–water partition coefficient (Wildman–Crippen LogP) is 5.97. The number of rotatable bonds is 9. The van der Waals surface area contributed by atoms with Crippen molar-refractivity contribution < 1.29 is 13.2 Å². The lowest BCUT2D eigenvalue weighted by molar-refractivity contribution is 0.0940. The second kappa shape index (κ2) is 11.1. The van der Waals surface area contributed by atoms with Crippen LogP contribution in [-0.4, -0.2) is 63.6 Å². The summed E-state index contributed by atoms with van der Waals surface area (Å²) in [4.78, 5) is 11.4. The first-order valence-electron chi connectivity index (χ1n) is 14.1. The Hall–Kier alpha value is -2.89. The summed E-state index contributed by atoms with van der Waals surface area (Å²) in [5.41, 5.74) is 3.72. The summed E-state index contributed by atoms with van der Waals surface area (Å²) in [6, 6.07) is 4.30. The molecule has 2 aliphatic rings. The van der Waals surface area contributed by atoms with Crippen molar-refractivity contribution in [3.63, 3.8) is 0 Å². The van der Waals surface area contributed by atoms with Crippen molar-refractivity contribution in [2.75, 3.05) is 24.2 Å². The lowest BCUT2D eigenvalue weighted by Crippen LogP contribution is -2.46. The number of likely N-dealkylation sites (tertiary alicyclic amines) is 1. The van der Waals surface area contributed by atoms with E-state index in [0.29, 0.717) is 17.6 Å². The van der Waals surface area contributed by atoms with Gasteiger partial charge in [-0.1, -0.05) is 11.6 Å². The fourth-order valence-corrected chi connectivity index (χ4v) is 6.47. The largest absolute Gasteiger partial charge is 0.488 e. The highest BCUT2D eigenvalue weighted by molar-refractivity contribution is 7.92. The van der Waals surface area contributed by atoms with Crippen molar-refractivity contribution in [2.24, 2.45) is 7.05 Å². The first kappa shape index (κ1) is 29.6. The van der Waals surface area contributed by atoms with Gasteiger partial charge in [-0.15, -0.1) is 0 Å². The molecule has 0 amide bonds. The summed E-state index contributed by atoms with van der Waals surface area (Å²) in [7, 11) is 0.231. The summed E-state index contributed by atoms with van der Waals surface area (Å²) in [5, 5.41) is 10.1. The zero-order valence-electron chi connectivity index (χ0n) is 24.8. The van der Waals surface area contributed by atoms with Gasteiger partial charge in [0.2, 0.25) is 20.8 Å². The molecule has 5 rings (SSSR count). The highest BCUT2D eigenvalue weighted by Crippen LogP contribution is 2.43. The number of nitrogens with one attached hydrogen (secondary N) is 2. The van der Waals surface area contributed by atoms with Crippen LogP contribution in [0.15, 0.2) is 29.6 Å². The molecule has 1 aromatic carbocycles.